The Bertz CT molecular complexity index is 1600. The smallest absolute Gasteiger partial charge is 0.238 e. The third kappa shape index (κ3) is 4.15. The number of anilines is 2. The van der Waals surface area contributed by atoms with E-state index in [1.54, 1.807) is 17.3 Å². The van der Waals surface area contributed by atoms with Gasteiger partial charge in [-0.15, -0.1) is 0 Å². The minimum absolute atomic E-state index is 0.140. The van der Waals surface area contributed by atoms with Crippen LogP contribution >= 0.6 is 0 Å². The van der Waals surface area contributed by atoms with E-state index in [2.05, 4.69) is 32.7 Å². The Morgan fingerprint density at radius 2 is 1.90 bits per heavy atom. The quantitative estimate of drug-likeness (QED) is 0.453. The van der Waals surface area contributed by atoms with Gasteiger partial charge >= 0.3 is 0 Å². The van der Waals surface area contributed by atoms with E-state index in [0.29, 0.717) is 37.1 Å². The summed E-state index contributed by atoms with van der Waals surface area (Å²) < 4.78 is 34.6. The second-order valence-electron chi connectivity index (χ2n) is 11.5. The molecule has 1 amide bonds. The van der Waals surface area contributed by atoms with Gasteiger partial charge in [0.2, 0.25) is 21.8 Å². The van der Waals surface area contributed by atoms with Crippen LogP contribution in [-0.2, 0) is 20.2 Å². The molecule has 0 bridgehead atoms. The molecule has 10 heteroatoms. The van der Waals surface area contributed by atoms with Crippen LogP contribution in [0.1, 0.15) is 50.5 Å². The lowest BCUT2D eigenvalue weighted by Crippen LogP contribution is -2.28. The summed E-state index contributed by atoms with van der Waals surface area (Å²) in [5, 5.41) is 0.598. The number of rotatable bonds is 8. The lowest BCUT2D eigenvalue weighted by molar-refractivity contribution is -0.119. The van der Waals surface area contributed by atoms with E-state index < -0.39 is 15.4 Å². The number of hydrogen-bond donors (Lipinski definition) is 1. The lowest BCUT2D eigenvalue weighted by Gasteiger charge is -2.20. The number of nitrogens with zero attached hydrogens (tertiary/aromatic N) is 4. The van der Waals surface area contributed by atoms with Crippen molar-refractivity contribution in [2.45, 2.75) is 61.7 Å². The second-order valence-corrected chi connectivity index (χ2v) is 13.5. The molecule has 3 fully saturated rings. The fourth-order valence-electron chi connectivity index (χ4n) is 6.29. The number of carbonyl (C=O) groups is 1. The van der Waals surface area contributed by atoms with Gasteiger partial charge in [-0.2, -0.15) is 0 Å². The van der Waals surface area contributed by atoms with Crippen molar-refractivity contribution in [2.75, 3.05) is 36.9 Å². The molecule has 2 aromatic heterocycles. The number of pyridine rings is 2. The number of ether oxygens (including phenoxy) is 1. The topological polar surface area (TPSA) is 105 Å². The molecule has 2 aliphatic carbocycles. The van der Waals surface area contributed by atoms with E-state index in [1.165, 1.54) is 6.42 Å². The number of benzene rings is 1. The molecule has 9 nitrogen and oxygen atoms in total. The molecule has 3 aromatic rings. The monoisotopic (exact) mass is 547 g/mol. The first kappa shape index (κ1) is 24.8. The fourth-order valence-corrected chi connectivity index (χ4v) is 7.67. The van der Waals surface area contributed by atoms with Crippen LogP contribution in [0.25, 0.3) is 22.0 Å². The van der Waals surface area contributed by atoms with E-state index in [-0.39, 0.29) is 11.2 Å². The highest BCUT2D eigenvalue weighted by atomic mass is 32.2. The third-order valence-corrected chi connectivity index (χ3v) is 10.8. The van der Waals surface area contributed by atoms with Gasteiger partial charge in [-0.3, -0.25) is 14.5 Å². The molecular formula is C29H33N5O4S. The molecule has 2 saturated carbocycles. The Kier molecular flexibility index (Phi) is 5.65. The summed E-state index contributed by atoms with van der Waals surface area (Å²) >= 11 is 0. The van der Waals surface area contributed by atoms with Crippen LogP contribution in [-0.4, -0.2) is 67.7 Å². The zero-order chi connectivity index (χ0) is 26.9. The Balaban J connectivity index is 1.24. The first-order valence-corrected chi connectivity index (χ1v) is 15.4. The van der Waals surface area contributed by atoms with E-state index >= 15 is 0 Å². The van der Waals surface area contributed by atoms with E-state index in [0.717, 1.165) is 65.5 Å². The number of carbonyl (C=O) groups excluding carboxylic acids is 1. The summed E-state index contributed by atoms with van der Waals surface area (Å²) in [4.78, 5) is 26.3. The maximum atomic E-state index is 13.0. The van der Waals surface area contributed by atoms with Crippen molar-refractivity contribution in [3.8, 4) is 17.0 Å². The van der Waals surface area contributed by atoms with Crippen LogP contribution in [0.15, 0.2) is 36.7 Å². The van der Waals surface area contributed by atoms with Crippen LogP contribution in [0.4, 0.5) is 11.4 Å². The molecule has 0 radical (unpaired) electrons. The van der Waals surface area contributed by atoms with Gasteiger partial charge in [0.05, 0.1) is 34.7 Å². The number of amides is 1. The maximum absolute atomic E-state index is 13.0. The molecule has 1 saturated heterocycles. The number of likely N-dealkylation sites (tertiary alicyclic amines) is 1. The SMILES string of the molecule is CN1C(=O)C2(CC2)c2c1cnc1ccc(-c3cnc(OCCC4CCCN4C)c(NS(=O)(=O)C4CC4)c3)cc21. The first-order chi connectivity index (χ1) is 18.8. The van der Waals surface area contributed by atoms with Gasteiger partial charge in [0.15, 0.2) is 0 Å². The summed E-state index contributed by atoms with van der Waals surface area (Å²) in [5.74, 6) is 0.442. The van der Waals surface area contributed by atoms with Gasteiger partial charge < -0.3 is 14.5 Å². The van der Waals surface area contributed by atoms with Crippen molar-refractivity contribution in [1.29, 1.82) is 0 Å². The van der Waals surface area contributed by atoms with E-state index in [1.807, 2.05) is 25.2 Å². The van der Waals surface area contributed by atoms with Gasteiger partial charge in [0.1, 0.15) is 5.69 Å². The van der Waals surface area contributed by atoms with E-state index in [4.69, 9.17) is 4.74 Å². The molecule has 39 heavy (non-hydrogen) atoms. The molecule has 4 heterocycles. The highest BCUT2D eigenvalue weighted by Crippen LogP contribution is 2.58. The molecule has 2 aliphatic heterocycles. The largest absolute Gasteiger partial charge is 0.476 e. The second kappa shape index (κ2) is 8.89. The number of fused-ring (bicyclic) bond motifs is 4. The predicted octanol–water partition coefficient (Wildman–Crippen LogP) is 4.07. The lowest BCUT2D eigenvalue weighted by atomic mass is 9.92. The van der Waals surface area contributed by atoms with Crippen molar-refractivity contribution in [1.82, 2.24) is 14.9 Å². The highest BCUT2D eigenvalue weighted by molar-refractivity contribution is 7.93. The number of nitrogens with one attached hydrogen (secondary N) is 1. The van der Waals surface area contributed by atoms with Gasteiger partial charge in [-0.25, -0.2) is 13.4 Å². The van der Waals surface area contributed by atoms with Gasteiger partial charge in [0.25, 0.3) is 0 Å². The standard InChI is InChI=1S/C29H33N5O4S/c1-33-12-3-4-20(33)9-13-38-27-24(32-39(36,37)21-6-7-21)15-19(16-31-27)18-5-8-23-22(14-18)26-25(17-30-23)34(2)28(35)29(26)10-11-29/h5,8,14-17,20-21,32H,3-4,6-7,9-13H2,1-2H3. The molecule has 1 aromatic carbocycles. The van der Waals surface area contributed by atoms with Crippen LogP contribution in [0.3, 0.4) is 0 Å². The zero-order valence-electron chi connectivity index (χ0n) is 22.3. The molecule has 4 aliphatic rings. The van der Waals surface area contributed by atoms with Crippen molar-refractivity contribution in [3.63, 3.8) is 0 Å². The molecule has 204 valence electrons. The molecule has 1 atom stereocenters. The molecule has 1 N–H and O–H groups in total. The van der Waals surface area contributed by atoms with Crippen molar-refractivity contribution in [3.05, 3.63) is 42.2 Å². The fraction of sp³-hybridized carbons (Fsp3) is 0.483. The number of aromatic nitrogens is 2. The average molecular weight is 548 g/mol. The Hall–Kier alpha value is -3.24. The third-order valence-electron chi connectivity index (χ3n) is 8.91. The molecule has 7 rings (SSSR count). The highest BCUT2D eigenvalue weighted by Gasteiger charge is 2.59. The molecule has 1 spiro atoms. The molecular weight excluding hydrogens is 514 g/mol. The zero-order valence-corrected chi connectivity index (χ0v) is 23.1. The van der Waals surface area contributed by atoms with Crippen molar-refractivity contribution >= 4 is 38.2 Å². The van der Waals surface area contributed by atoms with Crippen molar-refractivity contribution < 1.29 is 17.9 Å². The average Bonchev–Trinajstić information content (AvgIpc) is 3.85. The van der Waals surface area contributed by atoms with Gasteiger partial charge in [-0.1, -0.05) is 6.07 Å². The summed E-state index contributed by atoms with van der Waals surface area (Å²) in [6.45, 7) is 1.57. The Morgan fingerprint density at radius 3 is 2.62 bits per heavy atom. The van der Waals surface area contributed by atoms with Gasteiger partial charge in [-0.05, 0) is 82.3 Å². The maximum Gasteiger partial charge on any atom is 0.238 e. The predicted molar refractivity (Wildman–Crippen MR) is 151 cm³/mol. The summed E-state index contributed by atoms with van der Waals surface area (Å²) in [5.41, 5.74) is 4.35. The van der Waals surface area contributed by atoms with Crippen LogP contribution in [0.2, 0.25) is 0 Å². The number of hydrogen-bond acceptors (Lipinski definition) is 7. The van der Waals surface area contributed by atoms with Crippen LogP contribution in [0.5, 0.6) is 5.88 Å². The summed E-state index contributed by atoms with van der Waals surface area (Å²) in [6, 6.07) is 8.27. The summed E-state index contributed by atoms with van der Waals surface area (Å²) in [7, 11) is 0.445. The van der Waals surface area contributed by atoms with Crippen molar-refractivity contribution in [2.24, 2.45) is 0 Å². The minimum atomic E-state index is -3.50. The minimum Gasteiger partial charge on any atom is -0.476 e. The van der Waals surface area contributed by atoms with E-state index in [9.17, 15) is 13.2 Å². The number of sulfonamides is 1. The van der Waals surface area contributed by atoms with Gasteiger partial charge in [0, 0.05) is 35.8 Å². The Morgan fingerprint density at radius 1 is 1.08 bits per heavy atom. The first-order valence-electron chi connectivity index (χ1n) is 13.8. The number of likely N-dealkylation sites (N-methyl/N-ethyl adjacent to an activating group) is 1. The normalized spacial score (nSPS) is 22.1. The van der Waals surface area contributed by atoms with Crippen LogP contribution < -0.4 is 14.4 Å². The van der Waals surface area contributed by atoms with Crippen LogP contribution in [0, 0.1) is 0 Å². The molecule has 1 unspecified atom stereocenters. The Labute approximate surface area is 228 Å². The summed E-state index contributed by atoms with van der Waals surface area (Å²) in [6.07, 6.45) is 9.78.